The molecular formula is C13H21N3O3S. The molecule has 0 amide bonds. The van der Waals surface area contributed by atoms with E-state index in [0.717, 1.165) is 50.3 Å². The van der Waals surface area contributed by atoms with Gasteiger partial charge in [0.1, 0.15) is 15.7 Å². The van der Waals surface area contributed by atoms with Gasteiger partial charge in [-0.05, 0) is 31.6 Å². The Labute approximate surface area is 119 Å². The summed E-state index contributed by atoms with van der Waals surface area (Å²) >= 11 is 0. The minimum absolute atomic E-state index is 0.108. The maximum absolute atomic E-state index is 11.4. The van der Waals surface area contributed by atoms with Gasteiger partial charge in [0, 0.05) is 18.9 Å². The van der Waals surface area contributed by atoms with Gasteiger partial charge in [0.2, 0.25) is 0 Å². The number of nitrogens with zero attached hydrogens (tertiary/aromatic N) is 3. The molecule has 1 saturated heterocycles. The van der Waals surface area contributed by atoms with Gasteiger partial charge in [-0.25, -0.2) is 18.1 Å². The van der Waals surface area contributed by atoms with Gasteiger partial charge >= 0.3 is 0 Å². The van der Waals surface area contributed by atoms with E-state index in [1.165, 1.54) is 0 Å². The molecule has 6 nitrogen and oxygen atoms in total. The molecule has 0 aliphatic carbocycles. The molecule has 0 spiro atoms. The Bertz CT molecular complexity index is 568. The second-order valence-electron chi connectivity index (χ2n) is 5.93. The van der Waals surface area contributed by atoms with Crippen molar-refractivity contribution >= 4 is 9.84 Å². The summed E-state index contributed by atoms with van der Waals surface area (Å²) in [5.74, 6) is 2.78. The zero-order valence-corrected chi connectivity index (χ0v) is 12.3. The van der Waals surface area contributed by atoms with Crippen molar-refractivity contribution in [1.29, 1.82) is 0 Å². The molecule has 20 heavy (non-hydrogen) atoms. The smallest absolute Gasteiger partial charge is 0.151 e. The average molecular weight is 299 g/mol. The van der Waals surface area contributed by atoms with Crippen molar-refractivity contribution < 1.29 is 13.5 Å². The van der Waals surface area contributed by atoms with E-state index in [0.29, 0.717) is 17.4 Å². The van der Waals surface area contributed by atoms with E-state index in [1.807, 2.05) is 4.68 Å². The van der Waals surface area contributed by atoms with E-state index in [9.17, 15) is 13.5 Å². The maximum Gasteiger partial charge on any atom is 0.151 e. The van der Waals surface area contributed by atoms with E-state index in [4.69, 9.17) is 0 Å². The van der Waals surface area contributed by atoms with Crippen molar-refractivity contribution in [3.8, 4) is 0 Å². The van der Waals surface area contributed by atoms with Crippen LogP contribution in [0.25, 0.3) is 0 Å². The number of aromatic nitrogens is 3. The summed E-state index contributed by atoms with van der Waals surface area (Å²) in [7, 11) is -2.80. The van der Waals surface area contributed by atoms with Crippen LogP contribution in [0.5, 0.6) is 0 Å². The first-order valence-electron chi connectivity index (χ1n) is 7.32. The molecule has 2 aliphatic heterocycles. The van der Waals surface area contributed by atoms with Gasteiger partial charge in [-0.2, -0.15) is 5.10 Å². The molecule has 1 fully saturated rings. The second-order valence-corrected chi connectivity index (χ2v) is 8.23. The van der Waals surface area contributed by atoms with Crippen LogP contribution in [0, 0.1) is 5.92 Å². The van der Waals surface area contributed by atoms with Crippen molar-refractivity contribution in [3.05, 3.63) is 11.6 Å². The highest BCUT2D eigenvalue weighted by Crippen LogP contribution is 2.27. The predicted molar refractivity (Wildman–Crippen MR) is 74.2 cm³/mol. The van der Waals surface area contributed by atoms with Crippen LogP contribution in [0.4, 0.5) is 0 Å². The highest BCUT2D eigenvalue weighted by Gasteiger charge is 2.27. The van der Waals surface area contributed by atoms with Crippen LogP contribution in [-0.2, 0) is 22.8 Å². The SMILES string of the molecule is O=S1(=O)CCC(Cc2nc3n(n2)CCCC3CO)CC1. The first kappa shape index (κ1) is 14.0. The molecule has 0 saturated carbocycles. The fourth-order valence-corrected chi connectivity index (χ4v) is 4.74. The molecule has 2 aliphatic rings. The number of sulfone groups is 1. The average Bonchev–Trinajstić information content (AvgIpc) is 2.83. The first-order valence-corrected chi connectivity index (χ1v) is 9.14. The van der Waals surface area contributed by atoms with Crippen molar-refractivity contribution in [2.24, 2.45) is 5.92 Å². The van der Waals surface area contributed by atoms with Crippen molar-refractivity contribution in [3.63, 3.8) is 0 Å². The normalized spacial score (nSPS) is 26.4. The highest BCUT2D eigenvalue weighted by atomic mass is 32.2. The lowest BCUT2D eigenvalue weighted by Gasteiger charge is -2.20. The molecule has 0 radical (unpaired) electrons. The molecule has 3 heterocycles. The molecule has 112 valence electrons. The third-order valence-corrected chi connectivity index (χ3v) is 6.11. The zero-order chi connectivity index (χ0) is 14.2. The number of aryl methyl sites for hydroxylation is 1. The lowest BCUT2D eigenvalue weighted by atomic mass is 9.98. The minimum Gasteiger partial charge on any atom is -0.396 e. The van der Waals surface area contributed by atoms with Crippen molar-refractivity contribution in [1.82, 2.24) is 14.8 Å². The topological polar surface area (TPSA) is 85.1 Å². The number of hydrogen-bond acceptors (Lipinski definition) is 5. The van der Waals surface area contributed by atoms with Crippen molar-refractivity contribution in [2.75, 3.05) is 18.1 Å². The van der Waals surface area contributed by atoms with Gasteiger partial charge in [0.25, 0.3) is 0 Å². The van der Waals surface area contributed by atoms with Gasteiger partial charge < -0.3 is 5.11 Å². The number of rotatable bonds is 3. The van der Waals surface area contributed by atoms with Crippen LogP contribution in [-0.4, -0.2) is 46.4 Å². The van der Waals surface area contributed by atoms with E-state index < -0.39 is 9.84 Å². The summed E-state index contributed by atoms with van der Waals surface area (Å²) in [4.78, 5) is 4.58. The molecular weight excluding hydrogens is 278 g/mol. The molecule has 7 heteroatoms. The van der Waals surface area contributed by atoms with Crippen LogP contribution < -0.4 is 0 Å². The summed E-state index contributed by atoms with van der Waals surface area (Å²) in [6.07, 6.45) is 4.19. The fourth-order valence-electron chi connectivity index (χ4n) is 3.15. The van der Waals surface area contributed by atoms with Crippen LogP contribution in [0.1, 0.15) is 43.3 Å². The Hall–Kier alpha value is -0.950. The quantitative estimate of drug-likeness (QED) is 0.879. The number of hydrogen-bond donors (Lipinski definition) is 1. The molecule has 0 bridgehead atoms. The summed E-state index contributed by atoms with van der Waals surface area (Å²) in [5.41, 5.74) is 0. The van der Waals surface area contributed by atoms with E-state index in [-0.39, 0.29) is 12.5 Å². The largest absolute Gasteiger partial charge is 0.396 e. The Balaban J connectivity index is 1.68. The molecule has 0 aromatic carbocycles. The number of aliphatic hydroxyl groups is 1. The third-order valence-electron chi connectivity index (χ3n) is 4.40. The molecule has 3 rings (SSSR count). The van der Waals surface area contributed by atoms with E-state index in [2.05, 4.69) is 10.1 Å². The Morgan fingerprint density at radius 3 is 2.70 bits per heavy atom. The van der Waals surface area contributed by atoms with Gasteiger partial charge in [0.15, 0.2) is 5.82 Å². The lowest BCUT2D eigenvalue weighted by molar-refractivity contribution is 0.234. The van der Waals surface area contributed by atoms with E-state index in [1.54, 1.807) is 0 Å². The van der Waals surface area contributed by atoms with Crippen molar-refractivity contribution in [2.45, 2.75) is 44.6 Å². The van der Waals surface area contributed by atoms with Gasteiger partial charge in [-0.3, -0.25) is 0 Å². The van der Waals surface area contributed by atoms with Gasteiger partial charge in [0.05, 0.1) is 18.1 Å². The Kier molecular flexibility index (Phi) is 3.81. The summed E-state index contributed by atoms with van der Waals surface area (Å²) < 4.78 is 24.8. The number of fused-ring (bicyclic) bond motifs is 1. The fraction of sp³-hybridized carbons (Fsp3) is 0.846. The molecule has 1 unspecified atom stereocenters. The minimum atomic E-state index is -2.80. The Morgan fingerprint density at radius 2 is 2.00 bits per heavy atom. The maximum atomic E-state index is 11.4. The molecule has 1 aromatic heterocycles. The van der Waals surface area contributed by atoms with E-state index >= 15 is 0 Å². The predicted octanol–water partition coefficient (Wildman–Crippen LogP) is 0.515. The standard InChI is InChI=1S/C13H21N3O3S/c17-9-11-2-1-5-16-13(11)14-12(15-16)8-10-3-6-20(18,19)7-4-10/h10-11,17H,1-9H2. The zero-order valence-electron chi connectivity index (χ0n) is 11.5. The highest BCUT2D eigenvalue weighted by molar-refractivity contribution is 7.91. The summed E-state index contributed by atoms with van der Waals surface area (Å²) in [6.45, 7) is 0.998. The lowest BCUT2D eigenvalue weighted by Crippen LogP contribution is -2.24. The number of aliphatic hydroxyl groups excluding tert-OH is 1. The van der Waals surface area contributed by atoms with Crippen LogP contribution >= 0.6 is 0 Å². The molecule has 1 N–H and O–H groups in total. The molecule has 1 aromatic rings. The first-order chi connectivity index (χ1) is 9.57. The third kappa shape index (κ3) is 2.88. The van der Waals surface area contributed by atoms with Crippen LogP contribution in [0.2, 0.25) is 0 Å². The van der Waals surface area contributed by atoms with Gasteiger partial charge in [-0.15, -0.1) is 0 Å². The monoisotopic (exact) mass is 299 g/mol. The second kappa shape index (κ2) is 5.44. The Morgan fingerprint density at radius 1 is 1.25 bits per heavy atom. The van der Waals surface area contributed by atoms with Crippen LogP contribution in [0.3, 0.4) is 0 Å². The molecule has 1 atom stereocenters. The van der Waals surface area contributed by atoms with Crippen LogP contribution in [0.15, 0.2) is 0 Å². The van der Waals surface area contributed by atoms with Gasteiger partial charge in [-0.1, -0.05) is 0 Å². The summed E-state index contributed by atoms with van der Waals surface area (Å²) in [5, 5.41) is 13.9. The summed E-state index contributed by atoms with van der Waals surface area (Å²) in [6, 6.07) is 0.